The lowest BCUT2D eigenvalue weighted by Crippen LogP contribution is -2.56. The first-order valence-electron chi connectivity index (χ1n) is 8.35. The maximum absolute atomic E-state index is 13.0. The van der Waals surface area contributed by atoms with E-state index in [0.29, 0.717) is 24.5 Å². The summed E-state index contributed by atoms with van der Waals surface area (Å²) < 4.78 is 0. The van der Waals surface area contributed by atoms with E-state index < -0.39 is 12.1 Å². The van der Waals surface area contributed by atoms with Crippen LogP contribution in [0.5, 0.6) is 0 Å². The molecule has 24 heavy (non-hydrogen) atoms. The lowest BCUT2D eigenvalue weighted by molar-refractivity contribution is -0.136. The molecule has 1 saturated heterocycles. The van der Waals surface area contributed by atoms with Crippen LogP contribution < -0.4 is 16.4 Å². The number of unbranched alkanes of at least 4 members (excludes halogenated alkanes) is 1. The van der Waals surface area contributed by atoms with Crippen molar-refractivity contribution in [2.45, 2.75) is 38.3 Å². The second-order valence-electron chi connectivity index (χ2n) is 6.01. The zero-order chi connectivity index (χ0) is 17.5. The zero-order valence-electron chi connectivity index (χ0n) is 13.9. The van der Waals surface area contributed by atoms with Crippen LogP contribution in [0.2, 0.25) is 5.02 Å². The Morgan fingerprint density at radius 2 is 2.29 bits per heavy atom. The Morgan fingerprint density at radius 3 is 2.96 bits per heavy atom. The Morgan fingerprint density at radius 1 is 1.50 bits per heavy atom. The van der Waals surface area contributed by atoms with Gasteiger partial charge < -0.3 is 21.3 Å². The Hall–Kier alpha value is -1.79. The number of piperazine rings is 1. The summed E-state index contributed by atoms with van der Waals surface area (Å²) in [5.41, 5.74) is 6.23. The van der Waals surface area contributed by atoms with Gasteiger partial charge in [-0.3, -0.25) is 4.79 Å². The first-order chi connectivity index (χ1) is 11.5. The molecule has 4 N–H and O–H groups in total. The highest BCUT2D eigenvalue weighted by Crippen LogP contribution is 2.25. The molecule has 6 nitrogen and oxygen atoms in total. The monoisotopic (exact) mass is 352 g/mol. The SMILES string of the molecule is CCCCC(NC(N)=O)C(=O)N1CCNCC1c1cccc(Cl)c1. The third-order valence-electron chi connectivity index (χ3n) is 4.22. The van der Waals surface area contributed by atoms with Crippen LogP contribution >= 0.6 is 11.6 Å². The summed E-state index contributed by atoms with van der Waals surface area (Å²) in [7, 11) is 0. The fourth-order valence-corrected chi connectivity index (χ4v) is 3.22. The number of urea groups is 1. The number of rotatable bonds is 6. The minimum Gasteiger partial charge on any atom is -0.352 e. The van der Waals surface area contributed by atoms with Gasteiger partial charge in [0, 0.05) is 24.7 Å². The summed E-state index contributed by atoms with van der Waals surface area (Å²) in [5.74, 6) is -0.0891. The Kier molecular flexibility index (Phi) is 6.87. The van der Waals surface area contributed by atoms with Gasteiger partial charge in [0.25, 0.3) is 0 Å². The zero-order valence-corrected chi connectivity index (χ0v) is 14.7. The normalized spacial score (nSPS) is 18.9. The van der Waals surface area contributed by atoms with Crippen molar-refractivity contribution in [3.8, 4) is 0 Å². The number of nitrogens with one attached hydrogen (secondary N) is 2. The number of carbonyl (C=O) groups is 2. The number of hydrogen-bond donors (Lipinski definition) is 3. The number of primary amides is 1. The van der Waals surface area contributed by atoms with Gasteiger partial charge in [0.1, 0.15) is 6.04 Å². The number of nitrogens with two attached hydrogens (primary N) is 1. The maximum atomic E-state index is 13.0. The van der Waals surface area contributed by atoms with Crippen molar-refractivity contribution < 1.29 is 9.59 Å². The van der Waals surface area contributed by atoms with E-state index in [1.807, 2.05) is 36.1 Å². The number of benzene rings is 1. The fourth-order valence-electron chi connectivity index (χ4n) is 3.02. The van der Waals surface area contributed by atoms with E-state index in [1.165, 1.54) is 0 Å². The van der Waals surface area contributed by atoms with Crippen molar-refractivity contribution in [1.29, 1.82) is 0 Å². The summed E-state index contributed by atoms with van der Waals surface area (Å²) in [5, 5.41) is 6.55. The van der Waals surface area contributed by atoms with Crippen LogP contribution in [-0.4, -0.2) is 42.5 Å². The summed E-state index contributed by atoms with van der Waals surface area (Å²) in [4.78, 5) is 26.1. The summed E-state index contributed by atoms with van der Waals surface area (Å²) >= 11 is 6.09. The molecule has 1 aliphatic heterocycles. The molecule has 0 radical (unpaired) electrons. The lowest BCUT2D eigenvalue weighted by Gasteiger charge is -2.38. The smallest absolute Gasteiger partial charge is 0.312 e. The molecule has 3 amide bonds. The van der Waals surface area contributed by atoms with Crippen LogP contribution in [-0.2, 0) is 4.79 Å². The quantitative estimate of drug-likeness (QED) is 0.732. The molecule has 7 heteroatoms. The molecule has 1 fully saturated rings. The maximum Gasteiger partial charge on any atom is 0.312 e. The summed E-state index contributed by atoms with van der Waals surface area (Å²) in [6.07, 6.45) is 2.39. The van der Waals surface area contributed by atoms with E-state index >= 15 is 0 Å². The Labute approximate surface area is 147 Å². The van der Waals surface area contributed by atoms with Crippen molar-refractivity contribution in [3.63, 3.8) is 0 Å². The van der Waals surface area contributed by atoms with E-state index in [-0.39, 0.29) is 11.9 Å². The van der Waals surface area contributed by atoms with Crippen molar-refractivity contribution in [2.24, 2.45) is 5.73 Å². The summed E-state index contributed by atoms with van der Waals surface area (Å²) in [6.45, 7) is 4.01. The van der Waals surface area contributed by atoms with Crippen LogP contribution in [0.15, 0.2) is 24.3 Å². The number of carbonyl (C=O) groups excluding carboxylic acids is 2. The lowest BCUT2D eigenvalue weighted by atomic mass is 10.0. The van der Waals surface area contributed by atoms with Crippen LogP contribution in [0.4, 0.5) is 4.79 Å². The molecule has 132 valence electrons. The second-order valence-corrected chi connectivity index (χ2v) is 6.45. The second kappa shape index (κ2) is 8.89. The van der Waals surface area contributed by atoms with Crippen molar-refractivity contribution in [2.75, 3.05) is 19.6 Å². The van der Waals surface area contributed by atoms with E-state index in [1.54, 1.807) is 0 Å². The van der Waals surface area contributed by atoms with E-state index in [0.717, 1.165) is 24.9 Å². The predicted octanol–water partition coefficient (Wildman–Crippen LogP) is 2.04. The molecule has 2 atom stereocenters. The van der Waals surface area contributed by atoms with E-state index in [2.05, 4.69) is 10.6 Å². The topological polar surface area (TPSA) is 87.5 Å². The van der Waals surface area contributed by atoms with Gasteiger partial charge in [-0.25, -0.2) is 4.79 Å². The minimum atomic E-state index is -0.668. The number of nitrogens with zero attached hydrogens (tertiary/aromatic N) is 1. The van der Waals surface area contributed by atoms with Crippen molar-refractivity contribution >= 4 is 23.5 Å². The van der Waals surface area contributed by atoms with Gasteiger partial charge in [-0.1, -0.05) is 43.5 Å². The highest BCUT2D eigenvalue weighted by Gasteiger charge is 2.32. The molecule has 1 aromatic carbocycles. The van der Waals surface area contributed by atoms with E-state index in [9.17, 15) is 9.59 Å². The first-order valence-corrected chi connectivity index (χ1v) is 8.73. The standard InChI is InChI=1S/C17H25ClN4O2/c1-2-3-7-14(21-17(19)24)16(23)22-9-8-20-11-15(22)12-5-4-6-13(18)10-12/h4-6,10,14-15,20H,2-3,7-9,11H2,1H3,(H3,19,21,24). The molecule has 0 aliphatic carbocycles. The van der Waals surface area contributed by atoms with Crippen LogP contribution in [0.1, 0.15) is 37.8 Å². The molecular formula is C17H25ClN4O2. The highest BCUT2D eigenvalue weighted by molar-refractivity contribution is 6.30. The van der Waals surface area contributed by atoms with Gasteiger partial charge in [0.2, 0.25) is 5.91 Å². The number of amides is 3. The fraction of sp³-hybridized carbons (Fsp3) is 0.529. The Balaban J connectivity index is 2.20. The van der Waals surface area contributed by atoms with Crippen molar-refractivity contribution in [1.82, 2.24) is 15.5 Å². The predicted molar refractivity (Wildman–Crippen MR) is 94.8 cm³/mol. The molecule has 1 heterocycles. The minimum absolute atomic E-state index is 0.0891. The molecular weight excluding hydrogens is 328 g/mol. The van der Waals surface area contributed by atoms with Gasteiger partial charge in [-0.05, 0) is 24.1 Å². The molecule has 0 saturated carbocycles. The van der Waals surface area contributed by atoms with Gasteiger partial charge in [0.05, 0.1) is 6.04 Å². The molecule has 2 rings (SSSR count). The van der Waals surface area contributed by atoms with Gasteiger partial charge in [-0.2, -0.15) is 0 Å². The number of hydrogen-bond acceptors (Lipinski definition) is 3. The average molecular weight is 353 g/mol. The van der Waals surface area contributed by atoms with Gasteiger partial charge in [0.15, 0.2) is 0 Å². The van der Waals surface area contributed by atoms with E-state index in [4.69, 9.17) is 17.3 Å². The van der Waals surface area contributed by atoms with Crippen LogP contribution in [0.3, 0.4) is 0 Å². The number of halogens is 1. The molecule has 0 aromatic heterocycles. The third kappa shape index (κ3) is 4.85. The molecule has 2 unspecified atom stereocenters. The van der Waals surface area contributed by atoms with Crippen molar-refractivity contribution in [3.05, 3.63) is 34.9 Å². The van der Waals surface area contributed by atoms with Crippen LogP contribution in [0.25, 0.3) is 0 Å². The average Bonchev–Trinajstić information content (AvgIpc) is 2.57. The van der Waals surface area contributed by atoms with Gasteiger partial charge in [-0.15, -0.1) is 0 Å². The third-order valence-corrected chi connectivity index (χ3v) is 4.46. The molecule has 1 aliphatic rings. The largest absolute Gasteiger partial charge is 0.352 e. The summed E-state index contributed by atoms with van der Waals surface area (Å²) in [6, 6.07) is 6.18. The van der Waals surface area contributed by atoms with Crippen LogP contribution in [0, 0.1) is 0 Å². The highest BCUT2D eigenvalue weighted by atomic mass is 35.5. The molecule has 0 spiro atoms. The molecule has 1 aromatic rings. The van der Waals surface area contributed by atoms with Gasteiger partial charge >= 0.3 is 6.03 Å². The Bertz CT molecular complexity index is 581. The first kappa shape index (κ1) is 18.5. The molecule has 0 bridgehead atoms.